The predicted octanol–water partition coefficient (Wildman–Crippen LogP) is 3.66. The standard InChI is InChI=1S/C19H30N2/c1-3-20-12-16-5-4-6-17(9-16)13-21(2)14-19-11-15-7-8-18(19)10-15/h4-6,9,15,18-20H,3,7-8,10-14H2,1-2H3. The molecule has 3 atom stereocenters. The number of hydrogen-bond donors (Lipinski definition) is 1. The van der Waals surface area contributed by atoms with E-state index in [4.69, 9.17) is 0 Å². The van der Waals surface area contributed by atoms with Gasteiger partial charge in [-0.3, -0.25) is 0 Å². The average Bonchev–Trinajstić information content (AvgIpc) is 3.08. The van der Waals surface area contributed by atoms with E-state index < -0.39 is 0 Å². The summed E-state index contributed by atoms with van der Waals surface area (Å²) in [5.41, 5.74) is 2.86. The van der Waals surface area contributed by atoms with Crippen molar-refractivity contribution in [2.45, 2.75) is 45.7 Å². The van der Waals surface area contributed by atoms with Crippen molar-refractivity contribution in [1.82, 2.24) is 10.2 Å². The van der Waals surface area contributed by atoms with Gasteiger partial charge in [0.1, 0.15) is 0 Å². The van der Waals surface area contributed by atoms with Gasteiger partial charge in [-0.05, 0) is 61.7 Å². The molecule has 0 aromatic heterocycles. The van der Waals surface area contributed by atoms with Crippen LogP contribution in [0.1, 0.15) is 43.7 Å². The minimum Gasteiger partial charge on any atom is -0.313 e. The lowest BCUT2D eigenvalue weighted by molar-refractivity contribution is 0.214. The first kappa shape index (κ1) is 15.1. The Labute approximate surface area is 129 Å². The summed E-state index contributed by atoms with van der Waals surface area (Å²) in [6, 6.07) is 9.06. The van der Waals surface area contributed by atoms with E-state index in [0.29, 0.717) is 0 Å². The summed E-state index contributed by atoms with van der Waals surface area (Å²) in [5.74, 6) is 3.08. The molecule has 2 nitrogen and oxygen atoms in total. The maximum absolute atomic E-state index is 3.41. The van der Waals surface area contributed by atoms with E-state index in [1.54, 1.807) is 0 Å². The highest BCUT2D eigenvalue weighted by molar-refractivity contribution is 5.23. The van der Waals surface area contributed by atoms with E-state index >= 15 is 0 Å². The minimum atomic E-state index is 0.971. The van der Waals surface area contributed by atoms with Gasteiger partial charge in [0, 0.05) is 19.6 Å². The zero-order valence-electron chi connectivity index (χ0n) is 13.6. The fourth-order valence-electron chi connectivity index (χ4n) is 4.48. The van der Waals surface area contributed by atoms with Crippen molar-refractivity contribution in [2.24, 2.45) is 17.8 Å². The Hall–Kier alpha value is -0.860. The molecule has 2 aliphatic rings. The van der Waals surface area contributed by atoms with Crippen LogP contribution in [0, 0.1) is 17.8 Å². The Morgan fingerprint density at radius 1 is 1.19 bits per heavy atom. The molecule has 2 heteroatoms. The maximum atomic E-state index is 3.41. The SMILES string of the molecule is CCNCc1cccc(CN(C)CC2CC3CCC2C3)c1. The maximum Gasteiger partial charge on any atom is 0.0230 e. The van der Waals surface area contributed by atoms with Gasteiger partial charge in [0.05, 0.1) is 0 Å². The van der Waals surface area contributed by atoms with E-state index in [2.05, 4.69) is 48.5 Å². The predicted molar refractivity (Wildman–Crippen MR) is 89.1 cm³/mol. The van der Waals surface area contributed by atoms with Gasteiger partial charge in [-0.25, -0.2) is 0 Å². The summed E-state index contributed by atoms with van der Waals surface area (Å²) in [5, 5.41) is 3.41. The molecule has 0 aliphatic heterocycles. The van der Waals surface area contributed by atoms with Crippen molar-refractivity contribution in [3.05, 3.63) is 35.4 Å². The van der Waals surface area contributed by atoms with Crippen LogP contribution in [-0.4, -0.2) is 25.0 Å². The zero-order chi connectivity index (χ0) is 14.7. The molecule has 3 unspecified atom stereocenters. The molecule has 116 valence electrons. The summed E-state index contributed by atoms with van der Waals surface area (Å²) in [4.78, 5) is 2.54. The van der Waals surface area contributed by atoms with Crippen molar-refractivity contribution in [2.75, 3.05) is 20.1 Å². The van der Waals surface area contributed by atoms with Crippen LogP contribution in [0.15, 0.2) is 24.3 Å². The largest absolute Gasteiger partial charge is 0.313 e. The Balaban J connectivity index is 1.51. The summed E-state index contributed by atoms with van der Waals surface area (Å²) in [6.07, 6.45) is 6.03. The second-order valence-corrected chi connectivity index (χ2v) is 7.23. The molecule has 1 aromatic rings. The molecule has 3 rings (SSSR count). The van der Waals surface area contributed by atoms with Gasteiger partial charge in [0.15, 0.2) is 0 Å². The number of nitrogens with zero attached hydrogens (tertiary/aromatic N) is 1. The number of rotatable bonds is 7. The molecule has 2 saturated carbocycles. The van der Waals surface area contributed by atoms with Crippen LogP contribution in [0.25, 0.3) is 0 Å². The highest BCUT2D eigenvalue weighted by Gasteiger charge is 2.39. The van der Waals surface area contributed by atoms with Crippen molar-refractivity contribution in [1.29, 1.82) is 0 Å². The molecule has 0 saturated heterocycles. The van der Waals surface area contributed by atoms with E-state index in [0.717, 1.165) is 37.4 Å². The van der Waals surface area contributed by atoms with Crippen LogP contribution in [0.3, 0.4) is 0 Å². The third-order valence-electron chi connectivity index (χ3n) is 5.45. The van der Waals surface area contributed by atoms with Crippen LogP contribution in [0.4, 0.5) is 0 Å². The molecular weight excluding hydrogens is 256 g/mol. The molecule has 0 radical (unpaired) electrons. The van der Waals surface area contributed by atoms with Crippen molar-refractivity contribution < 1.29 is 0 Å². The lowest BCUT2D eigenvalue weighted by atomic mass is 9.88. The second kappa shape index (κ2) is 6.93. The number of nitrogens with one attached hydrogen (secondary N) is 1. The normalized spacial score (nSPS) is 27.7. The van der Waals surface area contributed by atoms with Crippen LogP contribution in [0.2, 0.25) is 0 Å². The molecule has 0 heterocycles. The van der Waals surface area contributed by atoms with Gasteiger partial charge < -0.3 is 10.2 Å². The molecule has 2 fully saturated rings. The first-order valence-electron chi connectivity index (χ1n) is 8.71. The minimum absolute atomic E-state index is 0.971. The topological polar surface area (TPSA) is 15.3 Å². The fourth-order valence-corrected chi connectivity index (χ4v) is 4.48. The van der Waals surface area contributed by atoms with Crippen LogP contribution >= 0.6 is 0 Å². The Kier molecular flexibility index (Phi) is 4.97. The summed E-state index contributed by atoms with van der Waals surface area (Å²) in [6.45, 7) is 6.56. The number of benzene rings is 1. The van der Waals surface area contributed by atoms with Gasteiger partial charge in [-0.2, -0.15) is 0 Å². The second-order valence-electron chi connectivity index (χ2n) is 7.23. The van der Waals surface area contributed by atoms with Gasteiger partial charge in [-0.1, -0.05) is 37.6 Å². The third-order valence-corrected chi connectivity index (χ3v) is 5.45. The van der Waals surface area contributed by atoms with Gasteiger partial charge in [-0.15, -0.1) is 0 Å². The Morgan fingerprint density at radius 3 is 2.76 bits per heavy atom. The molecule has 2 bridgehead atoms. The van der Waals surface area contributed by atoms with Crippen LogP contribution in [0.5, 0.6) is 0 Å². The van der Waals surface area contributed by atoms with E-state index in [1.807, 2.05) is 0 Å². The molecule has 2 aliphatic carbocycles. The quantitative estimate of drug-likeness (QED) is 0.823. The summed E-state index contributed by atoms with van der Waals surface area (Å²) < 4.78 is 0. The Morgan fingerprint density at radius 2 is 2.05 bits per heavy atom. The molecular formula is C19H30N2. The van der Waals surface area contributed by atoms with Gasteiger partial charge >= 0.3 is 0 Å². The first-order chi connectivity index (χ1) is 10.2. The zero-order valence-corrected chi connectivity index (χ0v) is 13.6. The van der Waals surface area contributed by atoms with E-state index in [-0.39, 0.29) is 0 Å². The van der Waals surface area contributed by atoms with E-state index in [9.17, 15) is 0 Å². The lowest BCUT2D eigenvalue weighted by Crippen LogP contribution is -2.28. The molecule has 1 aromatic carbocycles. The molecule has 21 heavy (non-hydrogen) atoms. The molecule has 0 amide bonds. The Bertz CT molecular complexity index is 457. The van der Waals surface area contributed by atoms with Crippen molar-refractivity contribution in [3.8, 4) is 0 Å². The third kappa shape index (κ3) is 3.87. The van der Waals surface area contributed by atoms with E-state index in [1.165, 1.54) is 43.4 Å². The number of fused-ring (bicyclic) bond motifs is 2. The molecule has 1 N–H and O–H groups in total. The monoisotopic (exact) mass is 286 g/mol. The first-order valence-corrected chi connectivity index (χ1v) is 8.71. The average molecular weight is 286 g/mol. The van der Waals surface area contributed by atoms with Crippen LogP contribution < -0.4 is 5.32 Å². The number of hydrogen-bond acceptors (Lipinski definition) is 2. The van der Waals surface area contributed by atoms with Crippen LogP contribution in [-0.2, 0) is 13.1 Å². The highest BCUT2D eigenvalue weighted by Crippen LogP contribution is 2.48. The summed E-state index contributed by atoms with van der Waals surface area (Å²) >= 11 is 0. The highest BCUT2D eigenvalue weighted by atomic mass is 15.1. The van der Waals surface area contributed by atoms with Crippen molar-refractivity contribution in [3.63, 3.8) is 0 Å². The smallest absolute Gasteiger partial charge is 0.0230 e. The lowest BCUT2D eigenvalue weighted by Gasteiger charge is -2.27. The fraction of sp³-hybridized carbons (Fsp3) is 0.684. The van der Waals surface area contributed by atoms with Gasteiger partial charge in [0.25, 0.3) is 0 Å². The molecule has 0 spiro atoms. The van der Waals surface area contributed by atoms with Crippen molar-refractivity contribution >= 4 is 0 Å². The summed E-state index contributed by atoms with van der Waals surface area (Å²) in [7, 11) is 2.29. The van der Waals surface area contributed by atoms with Gasteiger partial charge in [0.2, 0.25) is 0 Å².